The first-order chi connectivity index (χ1) is 13.8. The summed E-state index contributed by atoms with van der Waals surface area (Å²) in [6.07, 6.45) is -1.05. The van der Waals surface area contributed by atoms with Crippen molar-refractivity contribution in [2.24, 2.45) is 5.16 Å². The van der Waals surface area contributed by atoms with E-state index in [0.717, 1.165) is 18.2 Å². The van der Waals surface area contributed by atoms with Crippen LogP contribution in [0.25, 0.3) is 0 Å². The number of nitro benzene ring substituents is 1. The Balaban J connectivity index is 1.50. The second kappa shape index (κ2) is 8.42. The van der Waals surface area contributed by atoms with Gasteiger partial charge in [0.15, 0.2) is 6.61 Å². The average Bonchev–Trinajstić information content (AvgIpc) is 3.18. The van der Waals surface area contributed by atoms with Gasteiger partial charge in [0.05, 0.1) is 10.6 Å². The third kappa shape index (κ3) is 4.89. The van der Waals surface area contributed by atoms with Gasteiger partial charge < -0.3 is 14.9 Å². The van der Waals surface area contributed by atoms with E-state index >= 15 is 0 Å². The van der Waals surface area contributed by atoms with Crippen molar-refractivity contribution in [1.82, 2.24) is 0 Å². The fourth-order valence-corrected chi connectivity index (χ4v) is 2.50. The number of hydrogen-bond acceptors (Lipinski definition) is 7. The maximum absolute atomic E-state index is 13.3. The number of carbonyl (C=O) groups excluding carboxylic acids is 2. The third-order valence-corrected chi connectivity index (χ3v) is 3.86. The van der Waals surface area contributed by atoms with Crippen molar-refractivity contribution in [3.8, 4) is 0 Å². The van der Waals surface area contributed by atoms with Gasteiger partial charge in [-0.3, -0.25) is 14.9 Å². The highest BCUT2D eigenvalue weighted by Crippen LogP contribution is 2.22. The lowest BCUT2D eigenvalue weighted by Gasteiger charge is -2.09. The smallest absolute Gasteiger partial charge is 0.351 e. The Morgan fingerprint density at radius 1 is 1.28 bits per heavy atom. The number of amides is 1. The summed E-state index contributed by atoms with van der Waals surface area (Å²) in [5.41, 5.74) is -0.0281. The van der Waals surface area contributed by atoms with E-state index in [1.165, 1.54) is 18.2 Å². The molecule has 1 amide bonds. The Bertz CT molecular complexity index is 1010. The molecule has 29 heavy (non-hydrogen) atoms. The Morgan fingerprint density at radius 2 is 2.07 bits per heavy atom. The number of rotatable bonds is 6. The van der Waals surface area contributed by atoms with E-state index in [1.54, 1.807) is 6.07 Å². The number of nitrogens with zero attached hydrogens (tertiary/aromatic N) is 2. The normalized spacial score (nSPS) is 15.2. The second-order valence-electron chi connectivity index (χ2n) is 5.93. The van der Waals surface area contributed by atoms with E-state index < -0.39 is 46.8 Å². The van der Waals surface area contributed by atoms with Crippen LogP contribution < -0.4 is 5.32 Å². The fraction of sp³-hybridized carbons (Fsp3) is 0.167. The topological polar surface area (TPSA) is 120 Å². The van der Waals surface area contributed by atoms with Gasteiger partial charge in [-0.15, -0.1) is 0 Å². The number of oxime groups is 1. The lowest BCUT2D eigenvalue weighted by molar-refractivity contribution is -0.387. The zero-order valence-electron chi connectivity index (χ0n) is 14.6. The molecule has 150 valence electrons. The summed E-state index contributed by atoms with van der Waals surface area (Å²) in [4.78, 5) is 38.6. The molecule has 1 atom stereocenters. The molecule has 0 fully saturated rings. The molecule has 0 saturated carbocycles. The van der Waals surface area contributed by atoms with Crippen LogP contribution in [0, 0.1) is 21.7 Å². The van der Waals surface area contributed by atoms with Crippen molar-refractivity contribution >= 4 is 29.0 Å². The van der Waals surface area contributed by atoms with Crippen LogP contribution in [0.1, 0.15) is 12.0 Å². The van der Waals surface area contributed by atoms with Gasteiger partial charge in [0.1, 0.15) is 5.82 Å². The van der Waals surface area contributed by atoms with Crippen molar-refractivity contribution in [2.75, 3.05) is 11.9 Å². The van der Waals surface area contributed by atoms with Crippen LogP contribution in [0.5, 0.6) is 0 Å². The van der Waals surface area contributed by atoms with Crippen LogP contribution in [0.3, 0.4) is 0 Å². The molecule has 0 radical (unpaired) electrons. The number of benzene rings is 2. The first kappa shape index (κ1) is 19.9. The molecule has 1 heterocycles. The summed E-state index contributed by atoms with van der Waals surface area (Å²) >= 11 is 0. The molecule has 1 aliphatic heterocycles. The van der Waals surface area contributed by atoms with Crippen molar-refractivity contribution in [2.45, 2.75) is 12.5 Å². The Hall–Kier alpha value is -3.89. The summed E-state index contributed by atoms with van der Waals surface area (Å²) in [7, 11) is 0. The predicted octanol–water partition coefficient (Wildman–Crippen LogP) is 2.55. The molecule has 0 aromatic heterocycles. The zero-order valence-corrected chi connectivity index (χ0v) is 14.6. The molecule has 2 aromatic carbocycles. The van der Waals surface area contributed by atoms with Gasteiger partial charge >= 0.3 is 11.7 Å². The van der Waals surface area contributed by atoms with Crippen LogP contribution in [-0.4, -0.2) is 35.2 Å². The van der Waals surface area contributed by atoms with Gasteiger partial charge in [-0.2, -0.15) is 4.39 Å². The highest BCUT2D eigenvalue weighted by atomic mass is 19.1. The molecule has 2 aromatic rings. The monoisotopic (exact) mass is 405 g/mol. The summed E-state index contributed by atoms with van der Waals surface area (Å²) < 4.78 is 31.4. The number of nitrogens with one attached hydrogen (secondary N) is 1. The summed E-state index contributed by atoms with van der Waals surface area (Å²) in [5, 5.41) is 16.7. The fourth-order valence-electron chi connectivity index (χ4n) is 2.50. The molecule has 0 bridgehead atoms. The van der Waals surface area contributed by atoms with Crippen LogP contribution in [0.15, 0.2) is 47.6 Å². The first-order valence-electron chi connectivity index (χ1n) is 8.22. The minimum absolute atomic E-state index is 0.0343. The molecule has 1 N–H and O–H groups in total. The minimum Gasteiger partial charge on any atom is -0.453 e. The number of esters is 1. The highest BCUT2D eigenvalue weighted by molar-refractivity contribution is 6.03. The average molecular weight is 405 g/mol. The lowest BCUT2D eigenvalue weighted by atomic mass is 10.1. The molecule has 0 spiro atoms. The first-order valence-corrected chi connectivity index (χ1v) is 8.22. The molecular formula is C18H13F2N3O6. The van der Waals surface area contributed by atoms with Gasteiger partial charge in [-0.25, -0.2) is 9.18 Å². The quantitative estimate of drug-likeness (QED) is 0.448. The third-order valence-electron chi connectivity index (χ3n) is 3.86. The Labute approximate surface area is 162 Å². The maximum Gasteiger partial charge on any atom is 0.351 e. The van der Waals surface area contributed by atoms with Crippen LogP contribution in [-0.2, 0) is 19.2 Å². The number of nitro groups is 1. The van der Waals surface area contributed by atoms with Crippen molar-refractivity contribution in [3.63, 3.8) is 0 Å². The molecule has 1 unspecified atom stereocenters. The molecular weight excluding hydrogens is 392 g/mol. The Kier molecular flexibility index (Phi) is 5.77. The van der Waals surface area contributed by atoms with E-state index in [1.807, 2.05) is 0 Å². The standard InChI is InChI=1S/C18H13F2N3O6/c19-11-3-1-2-10(6-11)14-8-16(29-22-14)18(25)28-9-17(24)21-12-4-5-13(20)15(7-12)23(26)27/h1-7,16H,8-9H2,(H,21,24). The molecule has 0 aliphatic carbocycles. The van der Waals surface area contributed by atoms with Gasteiger partial charge in [0, 0.05) is 23.7 Å². The number of ether oxygens (including phenoxy) is 1. The summed E-state index contributed by atoms with van der Waals surface area (Å²) in [6.45, 7) is -0.695. The van der Waals surface area contributed by atoms with Gasteiger partial charge in [-0.05, 0) is 24.3 Å². The van der Waals surface area contributed by atoms with Gasteiger partial charge in [0.2, 0.25) is 11.9 Å². The second-order valence-corrected chi connectivity index (χ2v) is 5.93. The van der Waals surface area contributed by atoms with Crippen LogP contribution in [0.2, 0.25) is 0 Å². The lowest BCUT2D eigenvalue weighted by Crippen LogP contribution is -2.28. The van der Waals surface area contributed by atoms with Gasteiger partial charge in [-0.1, -0.05) is 17.3 Å². The Morgan fingerprint density at radius 3 is 2.79 bits per heavy atom. The van der Waals surface area contributed by atoms with E-state index in [-0.39, 0.29) is 12.1 Å². The maximum atomic E-state index is 13.3. The van der Waals surface area contributed by atoms with Crippen LogP contribution >= 0.6 is 0 Å². The SMILES string of the molecule is O=C(COC(=O)C1CC(c2cccc(F)c2)=NO1)Nc1ccc(F)c([N+](=O)[O-])c1. The molecule has 11 heteroatoms. The van der Waals surface area contributed by atoms with E-state index in [9.17, 15) is 28.5 Å². The van der Waals surface area contributed by atoms with E-state index in [4.69, 9.17) is 9.57 Å². The molecule has 9 nitrogen and oxygen atoms in total. The molecule has 0 saturated heterocycles. The zero-order chi connectivity index (χ0) is 21.0. The van der Waals surface area contributed by atoms with E-state index in [2.05, 4.69) is 10.5 Å². The summed E-state index contributed by atoms with van der Waals surface area (Å²) in [5.74, 6) is -3.16. The van der Waals surface area contributed by atoms with E-state index in [0.29, 0.717) is 11.3 Å². The van der Waals surface area contributed by atoms with Crippen molar-refractivity contribution in [1.29, 1.82) is 0 Å². The van der Waals surface area contributed by atoms with Gasteiger partial charge in [0.25, 0.3) is 5.91 Å². The number of carbonyl (C=O) groups is 2. The number of halogens is 2. The minimum atomic E-state index is -1.09. The van der Waals surface area contributed by atoms with Crippen molar-refractivity contribution < 1.29 is 32.9 Å². The van der Waals surface area contributed by atoms with Crippen molar-refractivity contribution in [3.05, 3.63) is 69.8 Å². The number of anilines is 1. The highest BCUT2D eigenvalue weighted by Gasteiger charge is 2.31. The largest absolute Gasteiger partial charge is 0.453 e. The molecule has 1 aliphatic rings. The number of hydrogen-bond donors (Lipinski definition) is 1. The molecule has 3 rings (SSSR count). The predicted molar refractivity (Wildman–Crippen MR) is 95.1 cm³/mol. The van der Waals surface area contributed by atoms with Crippen LogP contribution in [0.4, 0.5) is 20.2 Å². The summed E-state index contributed by atoms with van der Waals surface area (Å²) in [6, 6.07) is 8.40.